The quantitative estimate of drug-likeness (QED) is 0.661. The van der Waals surface area contributed by atoms with Crippen molar-refractivity contribution in [2.75, 3.05) is 5.73 Å². The molecule has 0 amide bonds. The number of anilines is 1. The van der Waals surface area contributed by atoms with Gasteiger partial charge in [-0.15, -0.1) is 0 Å². The molecule has 0 heterocycles. The van der Waals surface area contributed by atoms with Gasteiger partial charge in [0.2, 0.25) is 0 Å². The zero-order chi connectivity index (χ0) is 13.0. The van der Waals surface area contributed by atoms with Crippen molar-refractivity contribution in [2.24, 2.45) is 0 Å². The molecule has 2 N–H and O–H groups in total. The second-order valence-electron chi connectivity index (χ2n) is 4.08. The maximum atomic E-state index is 11.4. The van der Waals surface area contributed by atoms with Gasteiger partial charge in [0.25, 0.3) is 0 Å². The Morgan fingerprint density at radius 2 is 1.89 bits per heavy atom. The number of hydrogen-bond donors (Lipinski definition) is 1. The number of rotatable bonds is 4. The average molecular weight is 241 g/mol. The molecule has 0 atom stereocenters. The van der Waals surface area contributed by atoms with Gasteiger partial charge in [-0.25, -0.2) is 0 Å². The van der Waals surface area contributed by atoms with E-state index in [0.717, 1.165) is 5.56 Å². The first-order chi connectivity index (χ1) is 8.66. The molecule has 0 aliphatic rings. The van der Waals surface area contributed by atoms with Crippen LogP contribution in [0, 0.1) is 0 Å². The average Bonchev–Trinajstić information content (AvgIpc) is 2.38. The van der Waals surface area contributed by atoms with Gasteiger partial charge in [-0.2, -0.15) is 0 Å². The molecule has 0 spiro atoms. The van der Waals surface area contributed by atoms with Crippen molar-refractivity contribution < 1.29 is 9.53 Å². The number of nitrogens with two attached hydrogens (primary N) is 1. The predicted molar refractivity (Wildman–Crippen MR) is 71.6 cm³/mol. The van der Waals surface area contributed by atoms with Crippen LogP contribution in [0.25, 0.3) is 0 Å². The van der Waals surface area contributed by atoms with Crippen molar-refractivity contribution >= 4 is 11.5 Å². The molecule has 3 nitrogen and oxygen atoms in total. The molecule has 0 aromatic heterocycles. The van der Waals surface area contributed by atoms with Crippen LogP contribution in [0.2, 0.25) is 0 Å². The summed E-state index contributed by atoms with van der Waals surface area (Å²) >= 11 is 0. The van der Waals surface area contributed by atoms with Gasteiger partial charge in [-0.3, -0.25) is 4.79 Å². The van der Waals surface area contributed by atoms with Crippen LogP contribution in [0.4, 0.5) is 5.69 Å². The second kappa shape index (κ2) is 5.36. The molecule has 18 heavy (non-hydrogen) atoms. The molecule has 0 saturated carbocycles. The number of ketones is 1. The molecule has 2 rings (SSSR count). The predicted octanol–water partition coefficient (Wildman–Crippen LogP) is 3.05. The Balaban J connectivity index is 2.11. The summed E-state index contributed by atoms with van der Waals surface area (Å²) in [7, 11) is 0. The van der Waals surface area contributed by atoms with E-state index in [1.165, 1.54) is 6.92 Å². The van der Waals surface area contributed by atoms with E-state index in [2.05, 4.69) is 0 Å². The molecule has 0 aliphatic heterocycles. The van der Waals surface area contributed by atoms with E-state index in [9.17, 15) is 4.79 Å². The zero-order valence-corrected chi connectivity index (χ0v) is 10.2. The lowest BCUT2D eigenvalue weighted by molar-refractivity contribution is 0.101. The summed E-state index contributed by atoms with van der Waals surface area (Å²) in [6.07, 6.45) is 0. The first kappa shape index (κ1) is 12.2. The van der Waals surface area contributed by atoms with Crippen molar-refractivity contribution in [1.82, 2.24) is 0 Å². The minimum Gasteiger partial charge on any atom is -0.489 e. The Bertz CT molecular complexity index is 550. The standard InChI is InChI=1S/C15H15NO2/c1-11(17)14-9-13(7-8-15(14)16)18-10-12-5-3-2-4-6-12/h2-9H,10,16H2,1H3. The Labute approximate surface area is 106 Å². The van der Waals surface area contributed by atoms with Crippen LogP contribution >= 0.6 is 0 Å². The van der Waals surface area contributed by atoms with E-state index in [1.54, 1.807) is 18.2 Å². The molecule has 0 bridgehead atoms. The first-order valence-corrected chi connectivity index (χ1v) is 5.74. The van der Waals surface area contributed by atoms with Gasteiger partial charge in [-0.05, 0) is 30.7 Å². The molecule has 0 radical (unpaired) electrons. The number of carbonyl (C=O) groups excluding carboxylic acids is 1. The van der Waals surface area contributed by atoms with E-state index in [4.69, 9.17) is 10.5 Å². The highest BCUT2D eigenvalue weighted by molar-refractivity contribution is 5.99. The third-order valence-electron chi connectivity index (χ3n) is 2.65. The number of ether oxygens (including phenoxy) is 1. The van der Waals surface area contributed by atoms with Crippen LogP contribution < -0.4 is 10.5 Å². The molecule has 0 fully saturated rings. The van der Waals surface area contributed by atoms with Gasteiger partial charge < -0.3 is 10.5 Å². The zero-order valence-electron chi connectivity index (χ0n) is 10.2. The fourth-order valence-electron chi connectivity index (χ4n) is 1.67. The summed E-state index contributed by atoms with van der Waals surface area (Å²) in [5, 5.41) is 0. The Hall–Kier alpha value is -2.29. The third kappa shape index (κ3) is 2.88. The van der Waals surface area contributed by atoms with E-state index < -0.39 is 0 Å². The van der Waals surface area contributed by atoms with E-state index in [1.807, 2.05) is 30.3 Å². The van der Waals surface area contributed by atoms with Crippen molar-refractivity contribution in [3.63, 3.8) is 0 Å². The van der Waals surface area contributed by atoms with Crippen molar-refractivity contribution in [1.29, 1.82) is 0 Å². The smallest absolute Gasteiger partial charge is 0.162 e. The highest BCUT2D eigenvalue weighted by Gasteiger charge is 2.06. The van der Waals surface area contributed by atoms with E-state index in [0.29, 0.717) is 23.6 Å². The topological polar surface area (TPSA) is 52.3 Å². The minimum atomic E-state index is -0.0577. The van der Waals surface area contributed by atoms with Crippen LogP contribution in [-0.2, 0) is 6.61 Å². The number of benzene rings is 2. The number of nitrogen functional groups attached to an aromatic ring is 1. The Morgan fingerprint density at radius 1 is 1.17 bits per heavy atom. The van der Waals surface area contributed by atoms with Crippen molar-refractivity contribution in [3.8, 4) is 5.75 Å². The lowest BCUT2D eigenvalue weighted by Crippen LogP contribution is -2.01. The maximum absolute atomic E-state index is 11.4. The maximum Gasteiger partial charge on any atom is 0.162 e. The lowest BCUT2D eigenvalue weighted by atomic mass is 10.1. The van der Waals surface area contributed by atoms with Crippen molar-refractivity contribution in [2.45, 2.75) is 13.5 Å². The summed E-state index contributed by atoms with van der Waals surface area (Å²) in [5.41, 5.74) is 7.78. The Kier molecular flexibility index (Phi) is 3.63. The molecule has 92 valence electrons. The minimum absolute atomic E-state index is 0.0577. The molecule has 0 saturated heterocycles. The highest BCUT2D eigenvalue weighted by atomic mass is 16.5. The highest BCUT2D eigenvalue weighted by Crippen LogP contribution is 2.21. The van der Waals surface area contributed by atoms with Crippen LogP contribution in [0.1, 0.15) is 22.8 Å². The van der Waals surface area contributed by atoms with Gasteiger partial charge in [0.05, 0.1) is 0 Å². The molecule has 0 aliphatic carbocycles. The van der Waals surface area contributed by atoms with Gasteiger partial charge in [0.15, 0.2) is 5.78 Å². The van der Waals surface area contributed by atoms with Crippen LogP contribution in [0.3, 0.4) is 0 Å². The summed E-state index contributed by atoms with van der Waals surface area (Å²) in [6.45, 7) is 1.97. The SMILES string of the molecule is CC(=O)c1cc(OCc2ccccc2)ccc1N. The van der Waals surface area contributed by atoms with Crippen LogP contribution in [-0.4, -0.2) is 5.78 Å². The molecule has 3 heteroatoms. The number of Topliss-reactive ketones (excluding diaryl/α,β-unsaturated/α-hetero) is 1. The number of hydrogen-bond acceptors (Lipinski definition) is 3. The van der Waals surface area contributed by atoms with Crippen LogP contribution in [0.15, 0.2) is 48.5 Å². The number of carbonyl (C=O) groups is 1. The summed E-state index contributed by atoms with van der Waals surface area (Å²) < 4.78 is 5.63. The normalized spacial score (nSPS) is 10.1. The van der Waals surface area contributed by atoms with E-state index in [-0.39, 0.29) is 5.78 Å². The third-order valence-corrected chi connectivity index (χ3v) is 2.65. The summed E-state index contributed by atoms with van der Waals surface area (Å²) in [6, 6.07) is 15.0. The Morgan fingerprint density at radius 3 is 2.56 bits per heavy atom. The largest absolute Gasteiger partial charge is 0.489 e. The molecule has 2 aromatic rings. The second-order valence-corrected chi connectivity index (χ2v) is 4.08. The van der Waals surface area contributed by atoms with E-state index >= 15 is 0 Å². The molecular formula is C15H15NO2. The fraction of sp³-hybridized carbons (Fsp3) is 0.133. The summed E-state index contributed by atoms with van der Waals surface area (Å²) in [4.78, 5) is 11.4. The van der Waals surface area contributed by atoms with Gasteiger partial charge in [-0.1, -0.05) is 30.3 Å². The molecule has 2 aromatic carbocycles. The van der Waals surface area contributed by atoms with Gasteiger partial charge in [0, 0.05) is 11.3 Å². The summed E-state index contributed by atoms with van der Waals surface area (Å²) in [5.74, 6) is 0.593. The van der Waals surface area contributed by atoms with Gasteiger partial charge >= 0.3 is 0 Å². The molecular weight excluding hydrogens is 226 g/mol. The molecule has 0 unspecified atom stereocenters. The van der Waals surface area contributed by atoms with Crippen LogP contribution in [0.5, 0.6) is 5.75 Å². The van der Waals surface area contributed by atoms with Gasteiger partial charge in [0.1, 0.15) is 12.4 Å². The van der Waals surface area contributed by atoms with Crippen molar-refractivity contribution in [3.05, 3.63) is 59.7 Å². The first-order valence-electron chi connectivity index (χ1n) is 5.74. The monoisotopic (exact) mass is 241 g/mol. The fourth-order valence-corrected chi connectivity index (χ4v) is 1.67. The lowest BCUT2D eigenvalue weighted by Gasteiger charge is -2.08.